The zero-order valence-corrected chi connectivity index (χ0v) is 24.8. The minimum atomic E-state index is -2.80. The third-order valence-electron chi connectivity index (χ3n) is 2.28. The second-order valence-electron chi connectivity index (χ2n) is 5.22. The van der Waals surface area contributed by atoms with Crippen LogP contribution >= 0.6 is 0 Å². The number of hydrogen-bond donors (Lipinski definition) is 0. The molecule has 2 radical (unpaired) electrons. The Labute approximate surface area is 203 Å². The monoisotopic (exact) mass is 562 g/mol. The number of unbranched alkanes of at least 4 members (excludes halogenated alkanes) is 2. The summed E-state index contributed by atoms with van der Waals surface area (Å²) < 4.78 is 21.7. The van der Waals surface area contributed by atoms with Crippen molar-refractivity contribution in [2.24, 2.45) is 0 Å². The molecule has 0 aromatic rings. The normalized spacial score (nSPS) is 8.87. The first kappa shape index (κ1) is 43.6. The predicted molar refractivity (Wildman–Crippen MR) is 121 cm³/mol. The molecule has 0 bridgehead atoms. The van der Waals surface area contributed by atoms with Crippen LogP contribution < -0.4 is 10.2 Å². The van der Waals surface area contributed by atoms with Gasteiger partial charge in [0.1, 0.15) is 0 Å². The van der Waals surface area contributed by atoms with Crippen molar-refractivity contribution in [1.82, 2.24) is 0 Å². The maximum absolute atomic E-state index is 8.89. The molecule has 0 aliphatic rings. The van der Waals surface area contributed by atoms with Crippen molar-refractivity contribution in [3.05, 3.63) is 0 Å². The average molecular weight is 561 g/mol. The molecule has 0 aliphatic heterocycles. The smallest absolute Gasteiger partial charge is 0.550 e. The Bertz CT molecular complexity index is 264. The molecular weight excluding hydrogens is 515 g/mol. The van der Waals surface area contributed by atoms with E-state index >= 15 is 0 Å². The molecule has 0 rings (SSSR count). The van der Waals surface area contributed by atoms with Crippen molar-refractivity contribution in [3.63, 3.8) is 0 Å². The van der Waals surface area contributed by atoms with E-state index in [1.54, 1.807) is 0 Å². The maximum Gasteiger partial charge on any atom is 2.00 e. The van der Waals surface area contributed by atoms with E-state index in [1.165, 1.54) is 25.7 Å². The summed E-state index contributed by atoms with van der Waals surface area (Å²) in [7, 11) is -2.80. The van der Waals surface area contributed by atoms with E-state index in [0.717, 1.165) is 13.8 Å². The fourth-order valence-corrected chi connectivity index (χ4v) is 2.87. The van der Waals surface area contributed by atoms with Crippen LogP contribution in [0.2, 0.25) is 0 Å². The summed E-state index contributed by atoms with van der Waals surface area (Å²) in [5, 5.41) is 17.8. The van der Waals surface area contributed by atoms with Crippen molar-refractivity contribution >= 4 is 44.9 Å². The molecule has 0 N–H and O–H groups in total. The summed E-state index contributed by atoms with van der Waals surface area (Å²) in [5.41, 5.74) is 0. The fraction of sp³-hybridized carbons (Fsp3) is 0.900. The van der Waals surface area contributed by atoms with E-state index < -0.39 is 21.0 Å². The molecule has 8 nitrogen and oxygen atoms in total. The van der Waals surface area contributed by atoms with Crippen LogP contribution in [0.5, 0.6) is 0 Å². The maximum atomic E-state index is 8.89. The van der Waals surface area contributed by atoms with E-state index in [-0.39, 0.29) is 23.9 Å². The number of aliphatic carboxylic acids is 2. The van der Waals surface area contributed by atoms with Crippen LogP contribution in [0.15, 0.2) is 0 Å². The van der Waals surface area contributed by atoms with E-state index in [4.69, 9.17) is 37.5 Å². The third kappa shape index (κ3) is 63.0. The standard InChI is InChI=1S/C8H20O4Si.2C4H10.2C2H4O2.Sn/c1-5-9-13(10-6-2,11-7-3)12-8-4;2*1-3-4-2;2*1-2(3)4;/h5-8H2,1-4H3;2*3-4H2,1-2H3;2*1H3,(H,3,4);/q;;;;;+2/p-2. The molecular formula is C20H46O8SiSn. The molecule has 0 aliphatic carbocycles. The number of hydrogen-bond acceptors (Lipinski definition) is 8. The summed E-state index contributed by atoms with van der Waals surface area (Å²) in [4.78, 5) is 17.8. The topological polar surface area (TPSA) is 117 Å². The number of rotatable bonds is 10. The molecule has 0 saturated heterocycles. The molecule has 0 spiro atoms. The SMILES string of the molecule is CC(=O)[O-].CC(=O)[O-].CCCC.CCCC.CCO[Si](OCC)(OCC)OCC.[Sn+2]. The largest absolute Gasteiger partial charge is 2.00 e. The molecule has 0 atom stereocenters. The van der Waals surface area contributed by atoms with Crippen molar-refractivity contribution in [2.75, 3.05) is 26.4 Å². The van der Waals surface area contributed by atoms with E-state index in [9.17, 15) is 0 Å². The van der Waals surface area contributed by atoms with Gasteiger partial charge in [0.15, 0.2) is 0 Å². The molecule has 0 heterocycles. The summed E-state index contributed by atoms with van der Waals surface area (Å²) in [6.07, 6.45) is 5.28. The Morgan fingerprint density at radius 2 is 0.700 bits per heavy atom. The summed E-state index contributed by atoms with van der Waals surface area (Å²) in [6, 6.07) is 0. The average Bonchev–Trinajstić information content (AvgIpc) is 2.62. The fourth-order valence-electron chi connectivity index (χ4n) is 0.957. The first-order valence-electron chi connectivity index (χ1n) is 10.4. The van der Waals surface area contributed by atoms with Gasteiger partial charge in [0.25, 0.3) is 0 Å². The van der Waals surface area contributed by atoms with E-state index in [1.807, 2.05) is 27.7 Å². The summed E-state index contributed by atoms with van der Waals surface area (Å²) in [6.45, 7) is 20.5. The first-order valence-corrected chi connectivity index (χ1v) is 12.1. The van der Waals surface area contributed by atoms with Gasteiger partial charge in [-0.2, -0.15) is 0 Å². The molecule has 0 unspecified atom stereocenters. The number of carboxylic acids is 2. The zero-order valence-electron chi connectivity index (χ0n) is 20.9. The van der Waals surface area contributed by atoms with Crippen molar-refractivity contribution in [3.8, 4) is 0 Å². The van der Waals surface area contributed by atoms with Gasteiger partial charge in [-0.1, -0.05) is 53.4 Å². The molecule has 0 aromatic carbocycles. The van der Waals surface area contributed by atoms with Gasteiger partial charge in [-0.25, -0.2) is 0 Å². The van der Waals surface area contributed by atoms with Crippen molar-refractivity contribution < 1.29 is 37.5 Å². The minimum absolute atomic E-state index is 0. The van der Waals surface area contributed by atoms with E-state index in [0.29, 0.717) is 26.4 Å². The van der Waals surface area contributed by atoms with Gasteiger partial charge in [-0.05, 0) is 41.5 Å². The van der Waals surface area contributed by atoms with Crippen molar-refractivity contribution in [2.45, 2.75) is 94.9 Å². The van der Waals surface area contributed by atoms with Gasteiger partial charge in [0.05, 0.1) is 0 Å². The molecule has 0 aromatic heterocycles. The minimum Gasteiger partial charge on any atom is -0.550 e. The number of carbonyl (C=O) groups is 2. The zero-order chi connectivity index (χ0) is 24.1. The van der Waals surface area contributed by atoms with Crippen LogP contribution in [0.1, 0.15) is 94.9 Å². The van der Waals surface area contributed by atoms with Crippen LogP contribution in [0.4, 0.5) is 0 Å². The van der Waals surface area contributed by atoms with E-state index in [2.05, 4.69) is 27.7 Å². The second-order valence-corrected chi connectivity index (χ2v) is 7.37. The van der Waals surface area contributed by atoms with Crippen LogP contribution in [0.3, 0.4) is 0 Å². The molecule has 182 valence electrons. The van der Waals surface area contributed by atoms with Crippen LogP contribution in [-0.2, 0) is 27.3 Å². The first-order chi connectivity index (χ1) is 13.5. The Morgan fingerprint density at radius 1 is 0.567 bits per heavy atom. The molecule has 30 heavy (non-hydrogen) atoms. The third-order valence-corrected chi connectivity index (χ3v) is 4.85. The van der Waals surface area contributed by atoms with Crippen LogP contribution in [-0.4, -0.2) is 71.3 Å². The molecule has 0 saturated carbocycles. The number of carboxylic acid groups (broad SMARTS) is 2. The Hall–Kier alpha value is -0.204. The predicted octanol–water partition coefficient (Wildman–Crippen LogP) is 2.31. The molecule has 10 heteroatoms. The Morgan fingerprint density at radius 3 is 0.767 bits per heavy atom. The van der Waals surface area contributed by atoms with Gasteiger partial charge >= 0.3 is 33.0 Å². The Balaban J connectivity index is -0.0000000700. The van der Waals surface area contributed by atoms with Crippen LogP contribution in [0, 0.1) is 0 Å². The molecule has 0 amide bonds. The van der Waals surface area contributed by atoms with Crippen molar-refractivity contribution in [1.29, 1.82) is 0 Å². The van der Waals surface area contributed by atoms with Gasteiger partial charge in [0, 0.05) is 38.4 Å². The van der Waals surface area contributed by atoms with Gasteiger partial charge in [-0.15, -0.1) is 0 Å². The van der Waals surface area contributed by atoms with Crippen LogP contribution in [0.25, 0.3) is 0 Å². The van der Waals surface area contributed by atoms with Gasteiger partial charge < -0.3 is 37.5 Å². The quantitative estimate of drug-likeness (QED) is 0.373. The van der Waals surface area contributed by atoms with Gasteiger partial charge in [0.2, 0.25) is 0 Å². The molecule has 0 fully saturated rings. The summed E-state index contributed by atoms with van der Waals surface area (Å²) in [5.74, 6) is -2.17. The van der Waals surface area contributed by atoms with Gasteiger partial charge in [-0.3, -0.25) is 0 Å². The number of carbonyl (C=O) groups excluding carboxylic acids is 2. The summed E-state index contributed by atoms with van der Waals surface area (Å²) >= 11 is 0. The Kier molecular flexibility index (Phi) is 57.1. The second kappa shape index (κ2) is 39.3.